The third-order valence-corrected chi connectivity index (χ3v) is 10.1. The number of anilines is 2. The van der Waals surface area contributed by atoms with E-state index in [1.54, 1.807) is 0 Å². The van der Waals surface area contributed by atoms with Crippen LogP contribution in [0.4, 0.5) is 11.5 Å². The van der Waals surface area contributed by atoms with E-state index in [2.05, 4.69) is 57.8 Å². The fourth-order valence-electron chi connectivity index (χ4n) is 6.04. The van der Waals surface area contributed by atoms with E-state index in [9.17, 15) is 14.2 Å². The number of nitrogens with zero attached hydrogens (tertiary/aromatic N) is 5. The molecule has 0 spiro atoms. The second kappa shape index (κ2) is 9.72. The van der Waals surface area contributed by atoms with Gasteiger partial charge in [-0.1, -0.05) is 36.4 Å². The first-order valence-electron chi connectivity index (χ1n) is 13.1. The Bertz CT molecular complexity index is 1300. The Morgan fingerprint density at radius 2 is 1.70 bits per heavy atom. The van der Waals surface area contributed by atoms with Crippen LogP contribution in [0.2, 0.25) is 0 Å². The number of aromatic nitrogens is 1. The molecule has 0 aliphatic carbocycles. The molecule has 3 aliphatic rings. The van der Waals surface area contributed by atoms with Crippen LogP contribution in [-0.4, -0.2) is 99.8 Å². The molecule has 2 fully saturated rings. The summed E-state index contributed by atoms with van der Waals surface area (Å²) in [6, 6.07) is 16.2. The smallest absolute Gasteiger partial charge is 0.131 e. The number of benzene rings is 2. The molecule has 3 N–H and O–H groups in total. The van der Waals surface area contributed by atoms with E-state index >= 15 is 0 Å². The molecule has 8 nitrogen and oxygen atoms in total. The molecule has 3 aliphatic heterocycles. The number of aryl methyl sites for hydroxylation is 1. The normalized spacial score (nSPS) is 25.8. The quantitative estimate of drug-likeness (QED) is 0.481. The molecule has 2 atom stereocenters. The topological polar surface area (TPSA) is 86.5 Å². The van der Waals surface area contributed by atoms with Gasteiger partial charge in [0.15, 0.2) is 0 Å². The zero-order chi connectivity index (χ0) is 25.7. The number of aliphatic hydroxyl groups excluding tert-OH is 1. The van der Waals surface area contributed by atoms with E-state index in [1.807, 2.05) is 24.3 Å². The fourth-order valence-corrected chi connectivity index (χ4v) is 7.59. The van der Waals surface area contributed by atoms with Gasteiger partial charge in [-0.3, -0.25) is 14.0 Å². The summed E-state index contributed by atoms with van der Waals surface area (Å²) in [6.45, 7) is 8.55. The minimum atomic E-state index is -2.85. The van der Waals surface area contributed by atoms with E-state index in [4.69, 9.17) is 4.98 Å². The third kappa shape index (κ3) is 4.69. The van der Waals surface area contributed by atoms with Gasteiger partial charge in [-0.2, -0.15) is 10.6 Å². The van der Waals surface area contributed by atoms with Gasteiger partial charge in [-0.15, -0.1) is 0 Å². The number of hydrogen-bond donors (Lipinski definition) is 3. The van der Waals surface area contributed by atoms with Crippen LogP contribution in [0.5, 0.6) is 0 Å². The number of para-hydroxylation sites is 1. The highest BCUT2D eigenvalue weighted by molar-refractivity contribution is 8.24. The summed E-state index contributed by atoms with van der Waals surface area (Å²) >= 11 is 0. The van der Waals surface area contributed by atoms with Crippen LogP contribution in [0.3, 0.4) is 0 Å². The summed E-state index contributed by atoms with van der Waals surface area (Å²) in [5, 5.41) is 12.2. The summed E-state index contributed by atoms with van der Waals surface area (Å²) in [6.07, 6.45) is -0.405. The lowest BCUT2D eigenvalue weighted by molar-refractivity contribution is 0.0512. The van der Waals surface area contributed by atoms with Crippen LogP contribution in [-0.2, 0) is 6.54 Å². The number of fused-ring (bicyclic) bond motifs is 2. The number of rotatable bonds is 3. The summed E-state index contributed by atoms with van der Waals surface area (Å²) in [4.78, 5) is 15.0. The predicted octanol–water partition coefficient (Wildman–Crippen LogP) is 3.47. The lowest BCUT2D eigenvalue weighted by atomic mass is 10.1. The van der Waals surface area contributed by atoms with Gasteiger partial charge in [0.05, 0.1) is 28.3 Å². The Balaban J connectivity index is 1.37. The summed E-state index contributed by atoms with van der Waals surface area (Å²) in [5.74, 6) is 1.11. The highest BCUT2D eigenvalue weighted by atomic mass is 32.3. The molecule has 9 heteroatoms. The summed E-state index contributed by atoms with van der Waals surface area (Å²) in [7, 11) is -0.694. The lowest BCUT2D eigenvalue weighted by Gasteiger charge is -2.37. The van der Waals surface area contributed by atoms with Crippen LogP contribution < -0.4 is 9.80 Å². The van der Waals surface area contributed by atoms with Crippen molar-refractivity contribution >= 4 is 33.0 Å². The molecule has 0 bridgehead atoms. The minimum Gasteiger partial charge on any atom is -0.390 e. The lowest BCUT2D eigenvalue weighted by Crippen LogP contribution is -2.52. The average Bonchev–Trinajstić information content (AvgIpc) is 3.21. The van der Waals surface area contributed by atoms with Gasteiger partial charge in [-0.25, -0.2) is 4.98 Å². The Morgan fingerprint density at radius 1 is 0.919 bits per heavy atom. The molecule has 0 saturated carbocycles. The van der Waals surface area contributed by atoms with Crippen molar-refractivity contribution in [2.24, 2.45) is 0 Å². The third-order valence-electron chi connectivity index (χ3n) is 8.27. The maximum absolute atomic E-state index is 11.1. The van der Waals surface area contributed by atoms with E-state index < -0.39 is 16.7 Å². The SMILES string of the molecule is Cc1cccc2c(N3C[C@@H](O)[C@H](N4CCN(C)CC4)C3)cc(N3CCS(O)(O)c4ccccc4C3)nc12. The first-order valence-corrected chi connectivity index (χ1v) is 14.9. The number of aliphatic hydroxyl groups is 1. The summed E-state index contributed by atoms with van der Waals surface area (Å²) in [5.41, 5.74) is 4.08. The monoisotopic (exact) mass is 523 g/mol. The molecule has 6 rings (SSSR count). The number of β-amino-alcohol motifs (C(OH)–C–C–N with tert-alkyl or cyclic N) is 1. The molecule has 1 aromatic heterocycles. The average molecular weight is 524 g/mol. The van der Waals surface area contributed by atoms with Crippen molar-refractivity contribution in [3.05, 3.63) is 59.7 Å². The van der Waals surface area contributed by atoms with Gasteiger partial charge in [0.25, 0.3) is 0 Å². The van der Waals surface area contributed by atoms with Gasteiger partial charge in [-0.05, 0) is 31.2 Å². The number of hydrogen-bond acceptors (Lipinski definition) is 8. The van der Waals surface area contributed by atoms with Gasteiger partial charge in [0.1, 0.15) is 5.82 Å². The number of piperazine rings is 1. The van der Waals surface area contributed by atoms with Crippen LogP contribution >= 0.6 is 10.6 Å². The van der Waals surface area contributed by atoms with Crippen LogP contribution in [0.15, 0.2) is 53.4 Å². The van der Waals surface area contributed by atoms with Crippen molar-refractivity contribution in [1.82, 2.24) is 14.8 Å². The van der Waals surface area contributed by atoms with Crippen LogP contribution in [0.1, 0.15) is 11.1 Å². The van der Waals surface area contributed by atoms with Gasteiger partial charge in [0.2, 0.25) is 0 Å². The maximum Gasteiger partial charge on any atom is 0.131 e. The molecule has 2 aromatic carbocycles. The maximum atomic E-state index is 11.1. The zero-order valence-corrected chi connectivity index (χ0v) is 22.4. The highest BCUT2D eigenvalue weighted by Gasteiger charge is 2.37. The summed E-state index contributed by atoms with van der Waals surface area (Å²) < 4.78 is 21.7. The Hall–Kier alpha value is -2.40. The van der Waals surface area contributed by atoms with E-state index in [0.29, 0.717) is 24.5 Å². The molecule has 2 saturated heterocycles. The molecule has 37 heavy (non-hydrogen) atoms. The van der Waals surface area contributed by atoms with Gasteiger partial charge in [0, 0.05) is 69.5 Å². The molecule has 198 valence electrons. The Labute approximate surface area is 220 Å². The fraction of sp³-hybridized carbons (Fsp3) is 0.464. The van der Waals surface area contributed by atoms with Crippen LogP contribution in [0, 0.1) is 6.92 Å². The van der Waals surface area contributed by atoms with Crippen molar-refractivity contribution < 1.29 is 14.2 Å². The molecule has 0 radical (unpaired) electrons. The predicted molar refractivity (Wildman–Crippen MR) is 151 cm³/mol. The minimum absolute atomic E-state index is 0.114. The van der Waals surface area contributed by atoms with Gasteiger partial charge >= 0.3 is 0 Å². The molecule has 0 unspecified atom stereocenters. The van der Waals surface area contributed by atoms with Crippen molar-refractivity contribution in [2.45, 2.75) is 30.5 Å². The van der Waals surface area contributed by atoms with Crippen molar-refractivity contribution in [3.63, 3.8) is 0 Å². The van der Waals surface area contributed by atoms with Gasteiger partial charge < -0.3 is 19.8 Å². The second-order valence-electron chi connectivity index (χ2n) is 10.7. The molecule has 3 aromatic rings. The van der Waals surface area contributed by atoms with Crippen molar-refractivity contribution in [1.29, 1.82) is 0 Å². The largest absolute Gasteiger partial charge is 0.390 e. The first-order chi connectivity index (χ1) is 17.8. The Morgan fingerprint density at radius 3 is 2.51 bits per heavy atom. The standard InChI is InChI=1S/C28H37N5O3S/c1-20-6-5-8-22-23(33-18-24(25(34)19-33)31-12-10-30(2)11-13-31)16-27(29-28(20)22)32-14-15-37(35,36)26-9-4-3-7-21(26)17-32/h3-9,16,24-25,34-36H,10-15,17-19H2,1-2H3/t24-,25-/m1/s1. The van der Waals surface area contributed by atoms with E-state index in [-0.39, 0.29) is 11.8 Å². The molecule has 4 heterocycles. The van der Waals surface area contributed by atoms with E-state index in [1.165, 1.54) is 0 Å². The van der Waals surface area contributed by atoms with Crippen molar-refractivity contribution in [3.8, 4) is 0 Å². The van der Waals surface area contributed by atoms with Crippen molar-refractivity contribution in [2.75, 3.05) is 68.4 Å². The van der Waals surface area contributed by atoms with Crippen LogP contribution in [0.25, 0.3) is 10.9 Å². The van der Waals surface area contributed by atoms with E-state index in [0.717, 1.165) is 66.3 Å². The molecular formula is C28H37N5O3S. The molecule has 0 amide bonds. The first kappa shape index (κ1) is 24.9. The zero-order valence-electron chi connectivity index (χ0n) is 21.6. The molecular weight excluding hydrogens is 486 g/mol. The second-order valence-corrected chi connectivity index (χ2v) is 12.9. The Kier molecular flexibility index (Phi) is 6.55. The highest BCUT2D eigenvalue weighted by Crippen LogP contribution is 2.51. The number of likely N-dealkylation sites (N-methyl/N-ethyl adjacent to an activating group) is 1. The number of pyridine rings is 1.